The van der Waals surface area contributed by atoms with Crippen LogP contribution in [0.3, 0.4) is 0 Å². The Morgan fingerprint density at radius 2 is 2.20 bits per heavy atom. The average molecular weight is 350 g/mol. The maximum Gasteiger partial charge on any atom is 0.256 e. The molecular weight excluding hydrogens is 320 g/mol. The number of methoxy groups -OCH3 is 1. The molecule has 0 bridgehead atoms. The summed E-state index contributed by atoms with van der Waals surface area (Å²) in [4.78, 5) is 17.1. The molecule has 0 radical (unpaired) electrons. The second-order valence-electron chi connectivity index (χ2n) is 6.72. The lowest BCUT2D eigenvalue weighted by atomic mass is 9.78. The van der Waals surface area contributed by atoms with Crippen molar-refractivity contribution < 1.29 is 19.0 Å². The van der Waals surface area contributed by atoms with E-state index in [0.717, 1.165) is 32.1 Å². The van der Waals surface area contributed by atoms with E-state index in [4.69, 9.17) is 14.2 Å². The zero-order chi connectivity index (χ0) is 18.1. The molecule has 0 unspecified atom stereocenters. The van der Waals surface area contributed by atoms with Gasteiger partial charge in [0.15, 0.2) is 0 Å². The van der Waals surface area contributed by atoms with Gasteiger partial charge in [-0.25, -0.2) is 4.98 Å². The van der Waals surface area contributed by atoms with Gasteiger partial charge in [-0.3, -0.25) is 4.79 Å². The summed E-state index contributed by atoms with van der Waals surface area (Å²) in [7, 11) is 1.62. The Balaban J connectivity index is 1.99. The van der Waals surface area contributed by atoms with Crippen molar-refractivity contribution in [3.63, 3.8) is 0 Å². The Morgan fingerprint density at radius 1 is 1.36 bits per heavy atom. The van der Waals surface area contributed by atoms with Crippen LogP contribution in [0, 0.1) is 5.92 Å². The van der Waals surface area contributed by atoms with Gasteiger partial charge in [-0.15, -0.1) is 0 Å². The summed E-state index contributed by atoms with van der Waals surface area (Å²) in [6.07, 6.45) is 6.22. The molecule has 6 nitrogen and oxygen atoms in total. The first kappa shape index (κ1) is 19.7. The van der Waals surface area contributed by atoms with E-state index in [-0.39, 0.29) is 5.91 Å². The van der Waals surface area contributed by atoms with Gasteiger partial charge in [-0.1, -0.05) is 20.3 Å². The van der Waals surface area contributed by atoms with E-state index in [2.05, 4.69) is 24.1 Å². The Kier molecular flexibility index (Phi) is 7.65. The molecular formula is C19H30N2O4. The van der Waals surface area contributed by atoms with Crippen LogP contribution in [-0.4, -0.2) is 43.4 Å². The van der Waals surface area contributed by atoms with E-state index in [9.17, 15) is 4.79 Å². The number of ether oxygens (including phenoxy) is 3. The van der Waals surface area contributed by atoms with Crippen LogP contribution in [0.15, 0.2) is 18.3 Å². The fourth-order valence-electron chi connectivity index (χ4n) is 3.22. The van der Waals surface area contributed by atoms with Crippen LogP contribution >= 0.6 is 0 Å². The largest absolute Gasteiger partial charge is 0.475 e. The van der Waals surface area contributed by atoms with Crippen LogP contribution in [0.5, 0.6) is 5.88 Å². The standard InChI is InChI=1S/C19H30N2O4/c1-4-10-25-19(9-5-6-15(2)13-19)18(22)21-16-7-8-17(20-14-16)24-12-11-23-3/h7-8,14-15H,4-6,9-13H2,1-3H3,(H,21,22)/t15-,19+/m1/s1. The monoisotopic (exact) mass is 350 g/mol. The van der Waals surface area contributed by atoms with E-state index in [0.29, 0.717) is 37.3 Å². The molecule has 1 amide bonds. The van der Waals surface area contributed by atoms with Gasteiger partial charge in [0.2, 0.25) is 5.88 Å². The number of amides is 1. The number of rotatable bonds is 9. The van der Waals surface area contributed by atoms with Crippen molar-refractivity contribution >= 4 is 11.6 Å². The van der Waals surface area contributed by atoms with E-state index in [1.807, 2.05) is 0 Å². The Bertz CT molecular complexity index is 535. The molecule has 1 saturated carbocycles. The third kappa shape index (κ3) is 5.68. The van der Waals surface area contributed by atoms with Crippen LogP contribution in [-0.2, 0) is 14.3 Å². The van der Waals surface area contributed by atoms with Crippen molar-refractivity contribution in [1.82, 2.24) is 4.98 Å². The van der Waals surface area contributed by atoms with Crippen LogP contribution in [0.25, 0.3) is 0 Å². The SMILES string of the molecule is CCCO[C@@]1(C(=O)Nc2ccc(OCCOC)nc2)CCC[C@@H](C)C1. The van der Waals surface area contributed by atoms with Gasteiger partial charge in [-0.05, 0) is 37.7 Å². The number of hydrogen-bond acceptors (Lipinski definition) is 5. The molecule has 0 aliphatic heterocycles. The minimum Gasteiger partial charge on any atom is -0.475 e. The Morgan fingerprint density at radius 3 is 2.84 bits per heavy atom. The molecule has 1 N–H and O–H groups in total. The first-order chi connectivity index (χ1) is 12.1. The molecule has 0 aromatic carbocycles. The van der Waals surface area contributed by atoms with Crippen molar-refractivity contribution in [3.8, 4) is 5.88 Å². The summed E-state index contributed by atoms with van der Waals surface area (Å²) in [5.74, 6) is 0.937. The molecule has 2 atom stereocenters. The van der Waals surface area contributed by atoms with Crippen molar-refractivity contribution in [2.75, 3.05) is 32.2 Å². The van der Waals surface area contributed by atoms with Crippen LogP contribution in [0.2, 0.25) is 0 Å². The van der Waals surface area contributed by atoms with Gasteiger partial charge in [-0.2, -0.15) is 0 Å². The lowest BCUT2D eigenvalue weighted by Crippen LogP contribution is -2.48. The highest BCUT2D eigenvalue weighted by Crippen LogP contribution is 2.36. The predicted octanol–water partition coefficient (Wildman–Crippen LogP) is 3.42. The molecule has 1 aliphatic rings. The number of carbonyl (C=O) groups is 1. The summed E-state index contributed by atoms with van der Waals surface area (Å²) >= 11 is 0. The molecule has 140 valence electrons. The molecule has 2 rings (SSSR count). The van der Waals surface area contributed by atoms with Crippen LogP contribution in [0.1, 0.15) is 46.0 Å². The first-order valence-corrected chi connectivity index (χ1v) is 9.13. The van der Waals surface area contributed by atoms with Gasteiger partial charge in [0.05, 0.1) is 18.5 Å². The molecule has 1 aromatic rings. The molecule has 1 fully saturated rings. The Labute approximate surface area is 150 Å². The predicted molar refractivity (Wildman–Crippen MR) is 96.8 cm³/mol. The third-order valence-electron chi connectivity index (χ3n) is 4.48. The number of pyridine rings is 1. The quantitative estimate of drug-likeness (QED) is 0.691. The topological polar surface area (TPSA) is 69.7 Å². The normalized spacial score (nSPS) is 23.2. The highest BCUT2D eigenvalue weighted by Gasteiger charge is 2.42. The maximum atomic E-state index is 12.9. The second-order valence-corrected chi connectivity index (χ2v) is 6.72. The minimum absolute atomic E-state index is 0.0673. The molecule has 1 aliphatic carbocycles. The molecule has 0 spiro atoms. The summed E-state index contributed by atoms with van der Waals surface area (Å²) in [5.41, 5.74) is -0.0665. The zero-order valence-corrected chi connectivity index (χ0v) is 15.5. The first-order valence-electron chi connectivity index (χ1n) is 9.13. The van der Waals surface area contributed by atoms with Crippen molar-refractivity contribution in [3.05, 3.63) is 18.3 Å². The molecule has 6 heteroatoms. The average Bonchev–Trinajstić information content (AvgIpc) is 2.61. The van der Waals surface area contributed by atoms with Gasteiger partial charge < -0.3 is 19.5 Å². The summed E-state index contributed by atoms with van der Waals surface area (Å²) in [5, 5.41) is 2.97. The van der Waals surface area contributed by atoms with E-state index in [1.165, 1.54) is 0 Å². The van der Waals surface area contributed by atoms with Crippen LogP contribution in [0.4, 0.5) is 5.69 Å². The van der Waals surface area contributed by atoms with Gasteiger partial charge in [0, 0.05) is 19.8 Å². The van der Waals surface area contributed by atoms with Crippen LogP contribution < -0.4 is 10.1 Å². The molecule has 1 heterocycles. The summed E-state index contributed by atoms with van der Waals surface area (Å²) in [6.45, 7) is 5.80. The highest BCUT2D eigenvalue weighted by molar-refractivity contribution is 5.97. The van der Waals surface area contributed by atoms with Crippen molar-refractivity contribution in [1.29, 1.82) is 0 Å². The zero-order valence-electron chi connectivity index (χ0n) is 15.5. The van der Waals surface area contributed by atoms with E-state index in [1.54, 1.807) is 25.4 Å². The number of aromatic nitrogens is 1. The van der Waals surface area contributed by atoms with Gasteiger partial charge in [0.1, 0.15) is 12.2 Å². The molecule has 0 saturated heterocycles. The fraction of sp³-hybridized carbons (Fsp3) is 0.684. The molecule has 25 heavy (non-hydrogen) atoms. The van der Waals surface area contributed by atoms with Gasteiger partial charge in [0.25, 0.3) is 5.91 Å². The maximum absolute atomic E-state index is 12.9. The number of nitrogens with zero attached hydrogens (tertiary/aromatic N) is 1. The van der Waals surface area contributed by atoms with E-state index < -0.39 is 5.60 Å². The summed E-state index contributed by atoms with van der Waals surface area (Å²) < 4.78 is 16.4. The van der Waals surface area contributed by atoms with E-state index >= 15 is 0 Å². The fourth-order valence-corrected chi connectivity index (χ4v) is 3.22. The lowest BCUT2D eigenvalue weighted by molar-refractivity contribution is -0.148. The summed E-state index contributed by atoms with van der Waals surface area (Å²) in [6, 6.07) is 3.54. The minimum atomic E-state index is -0.721. The number of hydrogen-bond donors (Lipinski definition) is 1. The van der Waals surface area contributed by atoms with Gasteiger partial charge >= 0.3 is 0 Å². The van der Waals surface area contributed by atoms with Crippen molar-refractivity contribution in [2.45, 2.75) is 51.6 Å². The Hall–Kier alpha value is -1.66. The third-order valence-corrected chi connectivity index (χ3v) is 4.48. The second kappa shape index (κ2) is 9.73. The van der Waals surface area contributed by atoms with Crippen molar-refractivity contribution in [2.24, 2.45) is 5.92 Å². The number of nitrogens with one attached hydrogen (secondary N) is 1. The highest BCUT2D eigenvalue weighted by atomic mass is 16.5. The lowest BCUT2D eigenvalue weighted by Gasteiger charge is -2.38. The smallest absolute Gasteiger partial charge is 0.256 e. The number of carbonyl (C=O) groups excluding carboxylic acids is 1. The molecule has 1 aromatic heterocycles. The number of anilines is 1.